The lowest BCUT2D eigenvalue weighted by molar-refractivity contribution is 0.467. The van der Waals surface area contributed by atoms with Crippen LogP contribution in [0.15, 0.2) is 131 Å². The Balaban J connectivity index is 1.44. The van der Waals surface area contributed by atoms with Gasteiger partial charge < -0.3 is 10.2 Å². The third-order valence-corrected chi connectivity index (χ3v) is 7.94. The molecule has 6 aromatic rings. The van der Waals surface area contributed by atoms with Crippen LogP contribution in [0.3, 0.4) is 0 Å². The Kier molecular flexibility index (Phi) is 8.33. The predicted octanol–water partition coefficient (Wildman–Crippen LogP) is 10.2. The predicted molar refractivity (Wildman–Crippen MR) is 184 cm³/mol. The van der Waals surface area contributed by atoms with E-state index in [2.05, 4.69) is 24.3 Å². The number of hydrogen-bond donors (Lipinski definition) is 2. The molecule has 0 amide bonds. The summed E-state index contributed by atoms with van der Waals surface area (Å²) >= 11 is 0. The van der Waals surface area contributed by atoms with Crippen molar-refractivity contribution >= 4 is 34.6 Å². The van der Waals surface area contributed by atoms with Gasteiger partial charge in [-0.05, 0) is 93.4 Å². The highest BCUT2D eigenvalue weighted by Crippen LogP contribution is 2.36. The van der Waals surface area contributed by atoms with Gasteiger partial charge in [-0.15, -0.1) is 0 Å². The summed E-state index contributed by atoms with van der Waals surface area (Å²) in [5, 5.41) is 24.2. The lowest BCUT2D eigenvalue weighted by atomic mass is 9.98. The van der Waals surface area contributed by atoms with E-state index in [1.165, 1.54) is 0 Å². The third kappa shape index (κ3) is 6.02. The molecule has 216 valence electrons. The topological polar surface area (TPSA) is 65.2 Å². The van der Waals surface area contributed by atoms with Crippen molar-refractivity contribution < 1.29 is 10.2 Å². The summed E-state index contributed by atoms with van der Waals surface area (Å²) in [6.07, 6.45) is 4.83. The molecule has 2 N–H and O–H groups in total. The molecule has 0 atom stereocenters. The van der Waals surface area contributed by atoms with Crippen LogP contribution in [0.1, 0.15) is 36.1 Å². The van der Waals surface area contributed by atoms with Crippen molar-refractivity contribution in [3.05, 3.63) is 144 Å². The van der Waals surface area contributed by atoms with E-state index >= 15 is 0 Å². The zero-order chi connectivity index (χ0) is 30.5. The van der Waals surface area contributed by atoms with Crippen molar-refractivity contribution in [2.45, 2.75) is 26.7 Å². The maximum Gasteiger partial charge on any atom is 0.127 e. The molecule has 6 aromatic carbocycles. The summed E-state index contributed by atoms with van der Waals surface area (Å²) < 4.78 is 0. The number of aliphatic imine (C=N–C) groups is 2. The summed E-state index contributed by atoms with van der Waals surface area (Å²) in [7, 11) is 0. The first-order chi connectivity index (χ1) is 21.5. The highest BCUT2D eigenvalue weighted by atomic mass is 16.3. The standard InChI is InChI=1S/C40H34N2O2/c1-3-27-19-33(29-13-7-5-8-14-29)21-35(39(27)43)25-41-37-23-31-17-11-12-18-32(31)24-38(37)42-26-36-22-34(20-28(4-2)40(36)44)30-15-9-6-10-16-30/h5-26,43-44H,3-4H2,1-2H3. The van der Waals surface area contributed by atoms with Gasteiger partial charge >= 0.3 is 0 Å². The fourth-order valence-electron chi connectivity index (χ4n) is 5.47. The summed E-state index contributed by atoms with van der Waals surface area (Å²) in [4.78, 5) is 9.74. The van der Waals surface area contributed by atoms with E-state index in [9.17, 15) is 10.2 Å². The first-order valence-electron chi connectivity index (χ1n) is 15.0. The van der Waals surface area contributed by atoms with Gasteiger partial charge in [-0.3, -0.25) is 9.98 Å². The van der Waals surface area contributed by atoms with Gasteiger partial charge in [0.05, 0.1) is 11.4 Å². The molecule has 0 spiro atoms. The van der Waals surface area contributed by atoms with Crippen molar-refractivity contribution in [3.8, 4) is 33.8 Å². The van der Waals surface area contributed by atoms with Gasteiger partial charge in [0.25, 0.3) is 0 Å². The number of fused-ring (bicyclic) bond motifs is 1. The number of benzene rings is 6. The molecule has 0 fully saturated rings. The fourth-order valence-corrected chi connectivity index (χ4v) is 5.47. The number of aromatic hydroxyl groups is 2. The van der Waals surface area contributed by atoms with Gasteiger partial charge in [0.15, 0.2) is 0 Å². The maximum atomic E-state index is 11.1. The van der Waals surface area contributed by atoms with Crippen LogP contribution >= 0.6 is 0 Å². The van der Waals surface area contributed by atoms with Crippen LogP contribution in [0.5, 0.6) is 11.5 Å². The number of phenolic OH excluding ortho intramolecular Hbond substituents is 2. The molecular weight excluding hydrogens is 540 g/mol. The number of rotatable bonds is 8. The molecule has 0 aliphatic rings. The fraction of sp³-hybridized carbons (Fsp3) is 0.100. The van der Waals surface area contributed by atoms with Crippen LogP contribution < -0.4 is 0 Å². The Bertz CT molecular complexity index is 1850. The summed E-state index contributed by atoms with van der Waals surface area (Å²) in [5.74, 6) is 0.466. The normalized spacial score (nSPS) is 11.6. The third-order valence-electron chi connectivity index (χ3n) is 7.94. The van der Waals surface area contributed by atoms with Crippen LogP contribution in [-0.2, 0) is 12.8 Å². The molecular formula is C40H34N2O2. The van der Waals surface area contributed by atoms with E-state index in [0.717, 1.165) is 44.2 Å². The number of nitrogens with zero attached hydrogens (tertiary/aromatic N) is 2. The minimum Gasteiger partial charge on any atom is -0.507 e. The second kappa shape index (κ2) is 12.8. The van der Waals surface area contributed by atoms with E-state index in [0.29, 0.717) is 35.3 Å². The van der Waals surface area contributed by atoms with Crippen LogP contribution in [-0.4, -0.2) is 22.6 Å². The molecule has 0 aromatic heterocycles. The monoisotopic (exact) mass is 574 g/mol. The molecule has 0 aliphatic carbocycles. The smallest absolute Gasteiger partial charge is 0.127 e. The quantitative estimate of drug-likeness (QED) is 0.178. The van der Waals surface area contributed by atoms with E-state index < -0.39 is 0 Å². The molecule has 4 heteroatoms. The van der Waals surface area contributed by atoms with E-state index in [1.54, 1.807) is 12.4 Å². The molecule has 0 bridgehead atoms. The van der Waals surface area contributed by atoms with Crippen LogP contribution in [0.2, 0.25) is 0 Å². The largest absolute Gasteiger partial charge is 0.507 e. The Labute approximate surface area is 258 Å². The minimum absolute atomic E-state index is 0.233. The second-order valence-corrected chi connectivity index (χ2v) is 10.8. The van der Waals surface area contributed by atoms with Gasteiger partial charge in [0, 0.05) is 23.6 Å². The summed E-state index contributed by atoms with van der Waals surface area (Å²) in [5.41, 5.74) is 8.56. The van der Waals surface area contributed by atoms with Gasteiger partial charge in [-0.25, -0.2) is 0 Å². The van der Waals surface area contributed by atoms with Crippen molar-refractivity contribution in [3.63, 3.8) is 0 Å². The molecule has 0 saturated carbocycles. The molecule has 44 heavy (non-hydrogen) atoms. The summed E-state index contributed by atoms with van der Waals surface area (Å²) in [6, 6.07) is 40.4. The minimum atomic E-state index is 0.233. The maximum absolute atomic E-state index is 11.1. The highest BCUT2D eigenvalue weighted by molar-refractivity contribution is 5.96. The summed E-state index contributed by atoms with van der Waals surface area (Å²) in [6.45, 7) is 4.07. The first kappa shape index (κ1) is 28.6. The Morgan fingerprint density at radius 2 is 0.864 bits per heavy atom. The number of phenols is 2. The van der Waals surface area contributed by atoms with Gasteiger partial charge in [0.1, 0.15) is 11.5 Å². The van der Waals surface area contributed by atoms with Crippen molar-refractivity contribution in [2.24, 2.45) is 9.98 Å². The van der Waals surface area contributed by atoms with Crippen LogP contribution in [0.4, 0.5) is 11.4 Å². The molecule has 6 rings (SSSR count). The lowest BCUT2D eigenvalue weighted by Gasteiger charge is -2.11. The molecule has 0 heterocycles. The molecule has 0 saturated heterocycles. The Morgan fingerprint density at radius 3 is 1.25 bits per heavy atom. The van der Waals surface area contributed by atoms with Gasteiger partial charge in [-0.1, -0.05) is 98.8 Å². The number of hydrogen-bond acceptors (Lipinski definition) is 4. The second-order valence-electron chi connectivity index (χ2n) is 10.8. The van der Waals surface area contributed by atoms with E-state index in [4.69, 9.17) is 9.98 Å². The number of aryl methyl sites for hydroxylation is 2. The Hall–Kier alpha value is -5.48. The van der Waals surface area contributed by atoms with Crippen molar-refractivity contribution in [2.75, 3.05) is 0 Å². The van der Waals surface area contributed by atoms with Crippen LogP contribution in [0, 0.1) is 0 Å². The van der Waals surface area contributed by atoms with E-state index in [1.807, 2.05) is 111 Å². The van der Waals surface area contributed by atoms with Crippen molar-refractivity contribution in [1.82, 2.24) is 0 Å². The SMILES string of the molecule is CCc1cc(-c2ccccc2)cc(C=Nc2cc3ccccc3cc2N=Cc2cc(-c3ccccc3)cc(CC)c2O)c1O. The molecule has 4 nitrogen and oxygen atoms in total. The molecule has 0 unspecified atom stereocenters. The van der Waals surface area contributed by atoms with Crippen molar-refractivity contribution in [1.29, 1.82) is 0 Å². The first-order valence-corrected chi connectivity index (χ1v) is 15.0. The molecule has 0 radical (unpaired) electrons. The average molecular weight is 575 g/mol. The zero-order valence-corrected chi connectivity index (χ0v) is 24.9. The Morgan fingerprint density at radius 1 is 0.477 bits per heavy atom. The van der Waals surface area contributed by atoms with Crippen LogP contribution in [0.25, 0.3) is 33.0 Å². The van der Waals surface area contributed by atoms with Gasteiger partial charge in [-0.2, -0.15) is 0 Å². The van der Waals surface area contributed by atoms with E-state index in [-0.39, 0.29) is 11.5 Å². The lowest BCUT2D eigenvalue weighted by Crippen LogP contribution is -1.92. The zero-order valence-electron chi connectivity index (χ0n) is 24.9. The average Bonchev–Trinajstić information content (AvgIpc) is 3.08. The highest BCUT2D eigenvalue weighted by Gasteiger charge is 2.12. The van der Waals surface area contributed by atoms with Gasteiger partial charge in [0.2, 0.25) is 0 Å². The molecule has 0 aliphatic heterocycles.